The van der Waals surface area contributed by atoms with Crippen molar-refractivity contribution in [3.8, 4) is 17.2 Å². The summed E-state index contributed by atoms with van der Waals surface area (Å²) in [5, 5.41) is 0. The van der Waals surface area contributed by atoms with Gasteiger partial charge in [-0.3, -0.25) is 4.90 Å². The highest BCUT2D eigenvalue weighted by atomic mass is 16.5. The fourth-order valence-electron chi connectivity index (χ4n) is 6.07. The Labute approximate surface area is 208 Å². The van der Waals surface area contributed by atoms with Crippen LogP contribution in [-0.2, 0) is 6.42 Å². The molecule has 4 heteroatoms. The molecule has 0 radical (unpaired) electrons. The highest BCUT2D eigenvalue weighted by Gasteiger charge is 2.36. The van der Waals surface area contributed by atoms with Crippen LogP contribution in [0, 0.1) is 0 Å². The van der Waals surface area contributed by atoms with Crippen LogP contribution in [0.15, 0.2) is 60.7 Å². The fourth-order valence-corrected chi connectivity index (χ4v) is 6.07. The lowest BCUT2D eigenvalue weighted by Crippen LogP contribution is -2.25. The van der Waals surface area contributed by atoms with Crippen molar-refractivity contribution in [1.82, 2.24) is 4.90 Å². The van der Waals surface area contributed by atoms with Gasteiger partial charge in [-0.15, -0.1) is 0 Å². The van der Waals surface area contributed by atoms with Crippen LogP contribution in [0.4, 0.5) is 0 Å². The number of fused-ring (bicyclic) bond motifs is 4. The highest BCUT2D eigenvalue weighted by molar-refractivity contribution is 6.03. The molecule has 35 heavy (non-hydrogen) atoms. The van der Waals surface area contributed by atoms with Crippen molar-refractivity contribution in [3.05, 3.63) is 88.5 Å². The van der Waals surface area contributed by atoms with Crippen molar-refractivity contribution in [2.45, 2.75) is 31.6 Å². The first-order valence-electron chi connectivity index (χ1n) is 12.8. The molecule has 3 aromatic carbocycles. The van der Waals surface area contributed by atoms with Gasteiger partial charge in [0, 0.05) is 12.5 Å². The topological polar surface area (TPSA) is 30.9 Å². The van der Waals surface area contributed by atoms with E-state index in [0.29, 0.717) is 0 Å². The lowest BCUT2D eigenvalue weighted by molar-refractivity contribution is 0.238. The summed E-state index contributed by atoms with van der Waals surface area (Å²) in [6.45, 7) is 4.17. The van der Waals surface area contributed by atoms with Crippen LogP contribution < -0.4 is 14.2 Å². The number of hydrogen-bond acceptors (Lipinski definition) is 4. The van der Waals surface area contributed by atoms with Crippen molar-refractivity contribution in [2.24, 2.45) is 0 Å². The van der Waals surface area contributed by atoms with Crippen LogP contribution in [0.3, 0.4) is 0 Å². The Kier molecular flexibility index (Phi) is 5.99. The van der Waals surface area contributed by atoms with Gasteiger partial charge in [-0.25, -0.2) is 0 Å². The number of rotatable bonds is 7. The van der Waals surface area contributed by atoms with Gasteiger partial charge in [0.05, 0.1) is 14.2 Å². The number of aryl methyl sites for hydroxylation is 1. The molecule has 3 aromatic rings. The number of methoxy groups -OCH3 is 2. The van der Waals surface area contributed by atoms with Crippen molar-refractivity contribution < 1.29 is 14.2 Å². The second kappa shape index (κ2) is 9.43. The molecule has 1 aliphatic heterocycles. The first kappa shape index (κ1) is 22.2. The number of benzene rings is 3. The number of ether oxygens (including phenoxy) is 3. The van der Waals surface area contributed by atoms with Gasteiger partial charge in [0.25, 0.3) is 0 Å². The quantitative estimate of drug-likeness (QED) is 0.415. The van der Waals surface area contributed by atoms with E-state index < -0.39 is 0 Å². The molecule has 1 saturated heterocycles. The summed E-state index contributed by atoms with van der Waals surface area (Å²) in [4.78, 5) is 2.49. The van der Waals surface area contributed by atoms with Gasteiger partial charge in [0.1, 0.15) is 23.9 Å². The molecule has 1 fully saturated rings. The van der Waals surface area contributed by atoms with Gasteiger partial charge in [0.15, 0.2) is 0 Å². The summed E-state index contributed by atoms with van der Waals surface area (Å²) < 4.78 is 17.2. The van der Waals surface area contributed by atoms with Crippen LogP contribution >= 0.6 is 0 Å². The number of nitrogens with zero attached hydrogens (tertiary/aromatic N) is 1. The predicted molar refractivity (Wildman–Crippen MR) is 141 cm³/mol. The molecule has 180 valence electrons. The zero-order chi connectivity index (χ0) is 23.8. The molecule has 1 unspecified atom stereocenters. The largest absolute Gasteiger partial charge is 0.497 e. The average Bonchev–Trinajstić information content (AvgIpc) is 3.54. The molecule has 0 saturated carbocycles. The second-order valence-electron chi connectivity index (χ2n) is 9.77. The zero-order valence-corrected chi connectivity index (χ0v) is 20.7. The van der Waals surface area contributed by atoms with Gasteiger partial charge in [-0.05, 0) is 114 Å². The first-order chi connectivity index (χ1) is 17.2. The zero-order valence-electron chi connectivity index (χ0n) is 20.7. The number of likely N-dealkylation sites (tertiary alicyclic amines) is 1. The highest BCUT2D eigenvalue weighted by Crippen LogP contribution is 2.55. The third-order valence-electron chi connectivity index (χ3n) is 7.85. The summed E-state index contributed by atoms with van der Waals surface area (Å²) in [6.07, 6.45) is 4.69. The summed E-state index contributed by atoms with van der Waals surface area (Å²) >= 11 is 0. The predicted octanol–water partition coefficient (Wildman–Crippen LogP) is 6.18. The molecule has 0 spiro atoms. The van der Waals surface area contributed by atoms with E-state index in [0.717, 1.165) is 43.2 Å². The molecule has 1 atom stereocenters. The molecular weight excluding hydrogens is 434 g/mol. The van der Waals surface area contributed by atoms with E-state index in [1.807, 2.05) is 0 Å². The van der Waals surface area contributed by atoms with E-state index in [1.165, 1.54) is 64.9 Å². The minimum Gasteiger partial charge on any atom is -0.497 e. The lowest BCUT2D eigenvalue weighted by atomic mass is 9.79. The lowest BCUT2D eigenvalue weighted by Gasteiger charge is -2.24. The molecule has 6 rings (SSSR count). The first-order valence-corrected chi connectivity index (χ1v) is 12.8. The van der Waals surface area contributed by atoms with Crippen LogP contribution in [0.1, 0.15) is 53.0 Å². The van der Waals surface area contributed by atoms with E-state index in [4.69, 9.17) is 14.2 Å². The molecule has 0 amide bonds. The second-order valence-corrected chi connectivity index (χ2v) is 9.77. The normalized spacial score (nSPS) is 18.7. The van der Waals surface area contributed by atoms with Crippen molar-refractivity contribution >= 4 is 11.1 Å². The maximum atomic E-state index is 6.09. The molecule has 1 heterocycles. The smallest absolute Gasteiger partial charge is 0.119 e. The van der Waals surface area contributed by atoms with E-state index in [-0.39, 0.29) is 5.92 Å². The Morgan fingerprint density at radius 2 is 1.49 bits per heavy atom. The minimum atomic E-state index is 0.206. The Morgan fingerprint density at radius 3 is 2.26 bits per heavy atom. The third-order valence-corrected chi connectivity index (χ3v) is 7.85. The SMILES string of the molecule is COc1ccc2c(c1)CCC1=C2C(c2ccc(OCCN3CCCC3)cc2)c2ccc(OC)cc21. The molecule has 0 aromatic heterocycles. The fraction of sp³-hybridized carbons (Fsp3) is 0.355. The van der Waals surface area contributed by atoms with E-state index in [2.05, 4.69) is 65.6 Å². The van der Waals surface area contributed by atoms with Gasteiger partial charge < -0.3 is 14.2 Å². The molecule has 3 aliphatic rings. The van der Waals surface area contributed by atoms with Gasteiger partial charge >= 0.3 is 0 Å². The Balaban J connectivity index is 1.33. The van der Waals surface area contributed by atoms with Gasteiger partial charge in [-0.2, -0.15) is 0 Å². The van der Waals surface area contributed by atoms with E-state index >= 15 is 0 Å². The molecular formula is C31H33NO3. The van der Waals surface area contributed by atoms with Crippen LogP contribution in [0.2, 0.25) is 0 Å². The Hall–Kier alpha value is -3.24. The summed E-state index contributed by atoms with van der Waals surface area (Å²) in [7, 11) is 3.48. The molecule has 2 aliphatic carbocycles. The number of allylic oxidation sites excluding steroid dienone is 2. The summed E-state index contributed by atoms with van der Waals surface area (Å²) in [6, 6.07) is 21.9. The maximum Gasteiger partial charge on any atom is 0.119 e. The van der Waals surface area contributed by atoms with E-state index in [9.17, 15) is 0 Å². The molecule has 0 bridgehead atoms. The van der Waals surface area contributed by atoms with Crippen molar-refractivity contribution in [1.29, 1.82) is 0 Å². The monoisotopic (exact) mass is 467 g/mol. The number of hydrogen-bond donors (Lipinski definition) is 0. The van der Waals surface area contributed by atoms with Crippen molar-refractivity contribution in [3.63, 3.8) is 0 Å². The van der Waals surface area contributed by atoms with Crippen LogP contribution in [0.5, 0.6) is 17.2 Å². The molecule has 0 N–H and O–H groups in total. The van der Waals surface area contributed by atoms with E-state index in [1.54, 1.807) is 14.2 Å². The Morgan fingerprint density at radius 1 is 0.771 bits per heavy atom. The van der Waals surface area contributed by atoms with Gasteiger partial charge in [-0.1, -0.05) is 24.3 Å². The average molecular weight is 468 g/mol. The summed E-state index contributed by atoms with van der Waals surface area (Å²) in [5.41, 5.74) is 9.59. The minimum absolute atomic E-state index is 0.206. The van der Waals surface area contributed by atoms with Crippen LogP contribution in [0.25, 0.3) is 11.1 Å². The third kappa shape index (κ3) is 4.10. The maximum absolute atomic E-state index is 6.09. The van der Waals surface area contributed by atoms with Gasteiger partial charge in [0.2, 0.25) is 0 Å². The molecule has 4 nitrogen and oxygen atoms in total. The summed E-state index contributed by atoms with van der Waals surface area (Å²) in [5.74, 6) is 3.00. The van der Waals surface area contributed by atoms with Crippen molar-refractivity contribution in [2.75, 3.05) is 40.5 Å². The van der Waals surface area contributed by atoms with Crippen LogP contribution in [-0.4, -0.2) is 45.4 Å². The standard InChI is InChI=1S/C31H33NO3/c1-33-24-10-13-26-22(19-24)7-12-28-29-20-25(34-2)11-14-27(29)30(31(26)28)21-5-8-23(9-6-21)35-18-17-32-15-3-4-16-32/h5-6,8-11,13-14,19-20,30H,3-4,7,12,15-18H2,1-2H3. The Bertz CT molecular complexity index is 1250.